The molecule has 1 aliphatic carbocycles. The number of nitrogens with two attached hydrogens (primary N) is 1. The molecule has 0 aromatic rings. The van der Waals surface area contributed by atoms with Gasteiger partial charge in [0.2, 0.25) is 0 Å². The summed E-state index contributed by atoms with van der Waals surface area (Å²) in [5.41, 5.74) is 6.07. The number of carboxylic acid groups (broad SMARTS) is 1. The number of hydrogen-bond acceptors (Lipinski definition) is 3. The summed E-state index contributed by atoms with van der Waals surface area (Å²) < 4.78 is 0. The molecule has 0 fully saturated rings. The summed E-state index contributed by atoms with van der Waals surface area (Å²) >= 11 is 0. The van der Waals surface area contributed by atoms with E-state index >= 15 is 0 Å². The van der Waals surface area contributed by atoms with E-state index in [1.165, 1.54) is 0 Å². The van der Waals surface area contributed by atoms with Crippen LogP contribution < -0.4 is 5.73 Å². The van der Waals surface area contributed by atoms with Gasteiger partial charge >= 0.3 is 5.97 Å². The lowest BCUT2D eigenvalue weighted by molar-refractivity contribution is -0.139. The Morgan fingerprint density at radius 2 is 2.12 bits per heavy atom. The van der Waals surface area contributed by atoms with Crippen LogP contribution in [0.2, 0.25) is 0 Å². The Labute approximate surface area is 95.8 Å². The van der Waals surface area contributed by atoms with Crippen LogP contribution >= 0.6 is 0 Å². The van der Waals surface area contributed by atoms with Gasteiger partial charge in [-0.2, -0.15) is 0 Å². The molecule has 0 aliphatic heterocycles. The highest BCUT2D eigenvalue weighted by Crippen LogP contribution is 2.06. The summed E-state index contributed by atoms with van der Waals surface area (Å²) in [6.07, 6.45) is 8.70. The highest BCUT2D eigenvalue weighted by molar-refractivity contribution is 5.74. The van der Waals surface area contributed by atoms with Crippen LogP contribution in [0.3, 0.4) is 0 Å². The Hall–Kier alpha value is -1.42. The van der Waals surface area contributed by atoms with Gasteiger partial charge in [0.25, 0.3) is 0 Å². The molecule has 16 heavy (non-hydrogen) atoms. The second-order valence-electron chi connectivity index (χ2n) is 3.92. The number of aliphatic carboxylic acids is 1. The molecule has 0 radical (unpaired) electrons. The van der Waals surface area contributed by atoms with Gasteiger partial charge in [-0.05, 0) is 24.3 Å². The van der Waals surface area contributed by atoms with Crippen LogP contribution in [0.25, 0.3) is 0 Å². The molecule has 4 heteroatoms. The molecule has 3 N–H and O–H groups in total. The summed E-state index contributed by atoms with van der Waals surface area (Å²) in [5.74, 6) is -0.910. The molecule has 1 aliphatic rings. The molecule has 0 aromatic carbocycles. The van der Waals surface area contributed by atoms with Crippen LogP contribution in [-0.2, 0) is 9.59 Å². The van der Waals surface area contributed by atoms with Crippen LogP contribution in [-0.4, -0.2) is 23.4 Å². The maximum absolute atomic E-state index is 10.1. The fourth-order valence-electron chi connectivity index (χ4n) is 1.000. The van der Waals surface area contributed by atoms with Crippen molar-refractivity contribution in [2.45, 2.75) is 32.7 Å². The predicted molar refractivity (Wildman–Crippen MR) is 63.0 cm³/mol. The van der Waals surface area contributed by atoms with Crippen molar-refractivity contribution in [1.29, 1.82) is 0 Å². The van der Waals surface area contributed by atoms with Gasteiger partial charge in [0.15, 0.2) is 0 Å². The quantitative estimate of drug-likeness (QED) is 0.563. The number of hydrogen-bond donors (Lipinski definition) is 2. The maximum Gasteiger partial charge on any atom is 0.320 e. The van der Waals surface area contributed by atoms with Crippen LogP contribution in [0.15, 0.2) is 23.8 Å². The fraction of sp³-hybridized carbons (Fsp3) is 0.500. The van der Waals surface area contributed by atoms with E-state index in [0.717, 1.165) is 24.7 Å². The molecule has 1 rings (SSSR count). The second-order valence-corrected chi connectivity index (χ2v) is 3.92. The van der Waals surface area contributed by atoms with Gasteiger partial charge in [-0.25, -0.2) is 0 Å². The molecule has 0 heterocycles. The van der Waals surface area contributed by atoms with E-state index in [-0.39, 0.29) is 5.92 Å². The summed E-state index contributed by atoms with van der Waals surface area (Å²) in [6, 6.07) is -0.713. The number of carboxylic acids is 1. The SMILES string of the molecule is CC(C)[C@H](N)C(=O)O.O=CC1=CCC=CC1. The minimum Gasteiger partial charge on any atom is -0.480 e. The number of rotatable bonds is 3. The zero-order chi connectivity index (χ0) is 12.6. The Morgan fingerprint density at radius 3 is 2.31 bits per heavy atom. The molecule has 90 valence electrons. The average Bonchev–Trinajstić information content (AvgIpc) is 2.29. The van der Waals surface area contributed by atoms with Crippen LogP contribution in [0, 0.1) is 5.92 Å². The minimum atomic E-state index is -0.931. The first-order chi connectivity index (χ1) is 7.49. The van der Waals surface area contributed by atoms with Crippen molar-refractivity contribution in [2.75, 3.05) is 0 Å². The number of aldehydes is 1. The van der Waals surface area contributed by atoms with E-state index in [1.54, 1.807) is 13.8 Å². The maximum atomic E-state index is 10.1. The number of carbonyl (C=O) groups excluding carboxylic acids is 1. The molecule has 4 nitrogen and oxygen atoms in total. The van der Waals surface area contributed by atoms with Gasteiger partial charge < -0.3 is 10.8 Å². The molecule has 0 saturated carbocycles. The van der Waals surface area contributed by atoms with Crippen molar-refractivity contribution >= 4 is 12.3 Å². The molecular weight excluding hydrogens is 206 g/mol. The summed E-state index contributed by atoms with van der Waals surface area (Å²) in [7, 11) is 0. The molecule has 0 spiro atoms. The zero-order valence-corrected chi connectivity index (χ0v) is 9.72. The van der Waals surface area contributed by atoms with Crippen molar-refractivity contribution < 1.29 is 14.7 Å². The summed E-state index contributed by atoms with van der Waals surface area (Å²) in [4.78, 5) is 20.1. The molecular formula is C12H19NO3. The van der Waals surface area contributed by atoms with Gasteiger partial charge in [0.1, 0.15) is 12.3 Å². The summed E-state index contributed by atoms with van der Waals surface area (Å²) in [5, 5.41) is 8.23. The van der Waals surface area contributed by atoms with E-state index in [1.807, 2.05) is 12.2 Å². The normalized spacial score (nSPS) is 15.9. The van der Waals surface area contributed by atoms with Crippen molar-refractivity contribution in [3.8, 4) is 0 Å². The Bertz CT molecular complexity index is 293. The van der Waals surface area contributed by atoms with Crippen molar-refractivity contribution in [2.24, 2.45) is 11.7 Å². The largest absolute Gasteiger partial charge is 0.480 e. The molecule has 0 unspecified atom stereocenters. The first-order valence-electron chi connectivity index (χ1n) is 5.26. The Morgan fingerprint density at radius 1 is 1.50 bits per heavy atom. The first kappa shape index (κ1) is 14.6. The third-order valence-corrected chi connectivity index (χ3v) is 2.19. The van der Waals surface area contributed by atoms with Gasteiger partial charge in [0.05, 0.1) is 0 Å². The smallest absolute Gasteiger partial charge is 0.320 e. The standard InChI is InChI=1S/C7H8O.C5H11NO2/c8-6-7-4-2-1-3-5-7;1-3(2)4(6)5(7)8/h1-2,5-6H,3-4H2;3-4H,6H2,1-2H3,(H,7,8)/t;4-/m.0/s1. The Kier molecular flexibility index (Phi) is 7.12. The predicted octanol–water partition coefficient (Wildman–Crippen LogP) is 1.52. The minimum absolute atomic E-state index is 0.0208. The zero-order valence-electron chi connectivity index (χ0n) is 9.72. The van der Waals surface area contributed by atoms with Gasteiger partial charge in [-0.15, -0.1) is 0 Å². The lowest BCUT2D eigenvalue weighted by atomic mass is 10.1. The molecule has 0 aromatic heterocycles. The van der Waals surface area contributed by atoms with E-state index in [4.69, 9.17) is 10.8 Å². The summed E-state index contributed by atoms with van der Waals surface area (Å²) in [6.45, 7) is 3.55. The van der Waals surface area contributed by atoms with Crippen LogP contribution in [0.4, 0.5) is 0 Å². The highest BCUT2D eigenvalue weighted by atomic mass is 16.4. The van der Waals surface area contributed by atoms with Gasteiger partial charge in [0, 0.05) is 0 Å². The lowest BCUT2D eigenvalue weighted by Gasteiger charge is -2.07. The topological polar surface area (TPSA) is 80.4 Å². The lowest BCUT2D eigenvalue weighted by Crippen LogP contribution is -2.34. The molecule has 0 bridgehead atoms. The molecule has 1 atom stereocenters. The van der Waals surface area contributed by atoms with Gasteiger partial charge in [-0.1, -0.05) is 32.1 Å². The van der Waals surface area contributed by atoms with Crippen molar-refractivity contribution in [1.82, 2.24) is 0 Å². The average molecular weight is 225 g/mol. The number of carbonyl (C=O) groups is 2. The fourth-order valence-corrected chi connectivity index (χ4v) is 1.000. The Balaban J connectivity index is 0.000000281. The second kappa shape index (κ2) is 7.82. The monoisotopic (exact) mass is 225 g/mol. The number of allylic oxidation sites excluding steroid dienone is 4. The van der Waals surface area contributed by atoms with E-state index in [0.29, 0.717) is 0 Å². The third-order valence-electron chi connectivity index (χ3n) is 2.19. The first-order valence-corrected chi connectivity index (χ1v) is 5.26. The molecule has 0 amide bonds. The van der Waals surface area contributed by atoms with Crippen LogP contribution in [0.5, 0.6) is 0 Å². The van der Waals surface area contributed by atoms with E-state index < -0.39 is 12.0 Å². The highest BCUT2D eigenvalue weighted by Gasteiger charge is 2.14. The van der Waals surface area contributed by atoms with Gasteiger partial charge in [-0.3, -0.25) is 9.59 Å². The van der Waals surface area contributed by atoms with Crippen LogP contribution in [0.1, 0.15) is 26.7 Å². The van der Waals surface area contributed by atoms with Crippen molar-refractivity contribution in [3.05, 3.63) is 23.8 Å². The van der Waals surface area contributed by atoms with E-state index in [9.17, 15) is 9.59 Å². The molecule has 0 saturated heterocycles. The van der Waals surface area contributed by atoms with E-state index in [2.05, 4.69) is 6.08 Å². The third kappa shape index (κ3) is 6.14. The van der Waals surface area contributed by atoms with Crippen molar-refractivity contribution in [3.63, 3.8) is 0 Å².